The fourth-order valence-corrected chi connectivity index (χ4v) is 3.39. The van der Waals surface area contributed by atoms with Crippen molar-refractivity contribution in [3.8, 4) is 0 Å². The van der Waals surface area contributed by atoms with Gasteiger partial charge in [0.1, 0.15) is 0 Å². The first kappa shape index (κ1) is 9.75. The standard InChI is InChI=1S/C12H19NO/c1-12(2,3)10-8-5-4-7(6-8)9(10)11(13)14/h4-5,7-10H,6H2,1-3H3,(H2,13,14). The molecule has 4 unspecified atom stereocenters. The molecule has 2 aliphatic carbocycles. The van der Waals surface area contributed by atoms with Crippen LogP contribution in [0.5, 0.6) is 0 Å². The zero-order valence-electron chi connectivity index (χ0n) is 9.16. The summed E-state index contributed by atoms with van der Waals surface area (Å²) in [5.74, 6) is 1.40. The van der Waals surface area contributed by atoms with Crippen molar-refractivity contribution in [3.05, 3.63) is 12.2 Å². The Bertz CT molecular complexity index is 287. The highest BCUT2D eigenvalue weighted by molar-refractivity contribution is 5.78. The molecule has 2 bridgehead atoms. The molecule has 0 heterocycles. The van der Waals surface area contributed by atoms with Crippen molar-refractivity contribution in [1.82, 2.24) is 0 Å². The highest BCUT2D eigenvalue weighted by Crippen LogP contribution is 2.54. The summed E-state index contributed by atoms with van der Waals surface area (Å²) in [6, 6.07) is 0. The van der Waals surface area contributed by atoms with Gasteiger partial charge in [-0.15, -0.1) is 0 Å². The highest BCUT2D eigenvalue weighted by Gasteiger charge is 2.51. The second-order valence-corrected chi connectivity index (χ2v) is 5.77. The van der Waals surface area contributed by atoms with Gasteiger partial charge in [0.25, 0.3) is 0 Å². The monoisotopic (exact) mass is 193 g/mol. The molecule has 4 atom stereocenters. The Morgan fingerprint density at radius 2 is 1.86 bits per heavy atom. The average molecular weight is 193 g/mol. The molecule has 14 heavy (non-hydrogen) atoms. The van der Waals surface area contributed by atoms with Gasteiger partial charge in [-0.2, -0.15) is 0 Å². The van der Waals surface area contributed by atoms with Crippen molar-refractivity contribution in [2.24, 2.45) is 34.8 Å². The average Bonchev–Trinajstić information content (AvgIpc) is 2.58. The van der Waals surface area contributed by atoms with E-state index in [1.54, 1.807) is 0 Å². The van der Waals surface area contributed by atoms with Gasteiger partial charge in [0.2, 0.25) is 5.91 Å². The van der Waals surface area contributed by atoms with E-state index in [0.29, 0.717) is 17.8 Å². The lowest BCUT2D eigenvalue weighted by Gasteiger charge is -2.36. The zero-order chi connectivity index (χ0) is 10.5. The molecule has 2 heteroatoms. The summed E-state index contributed by atoms with van der Waals surface area (Å²) >= 11 is 0. The fourth-order valence-electron chi connectivity index (χ4n) is 3.39. The number of rotatable bonds is 1. The first-order valence-electron chi connectivity index (χ1n) is 5.39. The normalized spacial score (nSPS) is 40.5. The summed E-state index contributed by atoms with van der Waals surface area (Å²) in [5, 5.41) is 0. The molecule has 0 spiro atoms. The molecule has 0 saturated heterocycles. The molecule has 78 valence electrons. The lowest BCUT2D eigenvalue weighted by Crippen LogP contribution is -2.39. The number of nitrogens with two attached hydrogens (primary N) is 1. The Hall–Kier alpha value is -0.790. The largest absolute Gasteiger partial charge is 0.369 e. The van der Waals surface area contributed by atoms with E-state index in [9.17, 15) is 4.79 Å². The third-order valence-corrected chi connectivity index (χ3v) is 3.79. The van der Waals surface area contributed by atoms with Gasteiger partial charge in [0.15, 0.2) is 0 Å². The lowest BCUT2D eigenvalue weighted by atomic mass is 9.68. The minimum atomic E-state index is -0.109. The quantitative estimate of drug-likeness (QED) is 0.635. The summed E-state index contributed by atoms with van der Waals surface area (Å²) in [6.07, 6.45) is 5.60. The van der Waals surface area contributed by atoms with Crippen LogP contribution in [0.25, 0.3) is 0 Å². The predicted molar refractivity (Wildman–Crippen MR) is 56.4 cm³/mol. The number of amides is 1. The number of carbonyl (C=O) groups is 1. The fraction of sp³-hybridized carbons (Fsp3) is 0.750. The van der Waals surface area contributed by atoms with Crippen LogP contribution in [0.2, 0.25) is 0 Å². The minimum absolute atomic E-state index is 0.0741. The zero-order valence-corrected chi connectivity index (χ0v) is 9.16. The van der Waals surface area contributed by atoms with Crippen molar-refractivity contribution in [1.29, 1.82) is 0 Å². The third kappa shape index (κ3) is 1.28. The number of allylic oxidation sites excluding steroid dienone is 2. The molecule has 0 aromatic carbocycles. The van der Waals surface area contributed by atoms with Crippen LogP contribution in [0.4, 0.5) is 0 Å². The van der Waals surface area contributed by atoms with Crippen LogP contribution in [0.15, 0.2) is 12.2 Å². The molecule has 0 aromatic rings. The Labute approximate surface area is 85.6 Å². The number of hydrogen-bond acceptors (Lipinski definition) is 1. The van der Waals surface area contributed by atoms with E-state index in [1.165, 1.54) is 0 Å². The topological polar surface area (TPSA) is 43.1 Å². The van der Waals surface area contributed by atoms with Crippen molar-refractivity contribution in [3.63, 3.8) is 0 Å². The first-order valence-corrected chi connectivity index (χ1v) is 5.39. The Kier molecular flexibility index (Phi) is 1.98. The summed E-state index contributed by atoms with van der Waals surface area (Å²) in [4.78, 5) is 11.4. The first-order chi connectivity index (χ1) is 6.41. The third-order valence-electron chi connectivity index (χ3n) is 3.79. The van der Waals surface area contributed by atoms with Crippen LogP contribution in [-0.2, 0) is 4.79 Å². The molecule has 1 fully saturated rings. The Morgan fingerprint density at radius 3 is 2.29 bits per heavy atom. The SMILES string of the molecule is CC(C)(C)C1C2C=CC(C2)C1C(N)=O. The van der Waals surface area contributed by atoms with Crippen LogP contribution in [0.3, 0.4) is 0 Å². The van der Waals surface area contributed by atoms with Crippen molar-refractivity contribution in [2.75, 3.05) is 0 Å². The number of hydrogen-bond donors (Lipinski definition) is 1. The van der Waals surface area contributed by atoms with Gasteiger partial charge < -0.3 is 5.73 Å². The smallest absolute Gasteiger partial charge is 0.221 e. The highest BCUT2D eigenvalue weighted by atomic mass is 16.1. The van der Waals surface area contributed by atoms with Gasteiger partial charge in [-0.05, 0) is 29.6 Å². The lowest BCUT2D eigenvalue weighted by molar-refractivity contribution is -0.125. The van der Waals surface area contributed by atoms with E-state index in [2.05, 4.69) is 32.9 Å². The summed E-state index contributed by atoms with van der Waals surface area (Å²) in [5.41, 5.74) is 5.68. The van der Waals surface area contributed by atoms with Crippen LogP contribution in [0, 0.1) is 29.1 Å². The number of fused-ring (bicyclic) bond motifs is 2. The summed E-state index contributed by atoms with van der Waals surface area (Å²) in [7, 11) is 0. The van der Waals surface area contributed by atoms with E-state index < -0.39 is 0 Å². The molecule has 0 aromatic heterocycles. The molecular weight excluding hydrogens is 174 g/mol. The minimum Gasteiger partial charge on any atom is -0.369 e. The summed E-state index contributed by atoms with van der Waals surface area (Å²) < 4.78 is 0. The van der Waals surface area contributed by atoms with E-state index in [0.717, 1.165) is 6.42 Å². The molecule has 2 rings (SSSR count). The van der Waals surface area contributed by atoms with Gasteiger partial charge in [-0.1, -0.05) is 32.9 Å². The second kappa shape index (κ2) is 2.85. The second-order valence-electron chi connectivity index (χ2n) is 5.77. The van der Waals surface area contributed by atoms with Crippen molar-refractivity contribution in [2.45, 2.75) is 27.2 Å². The molecular formula is C12H19NO. The van der Waals surface area contributed by atoms with Crippen LogP contribution < -0.4 is 5.73 Å². The van der Waals surface area contributed by atoms with E-state index >= 15 is 0 Å². The molecule has 0 radical (unpaired) electrons. The summed E-state index contributed by atoms with van der Waals surface area (Å²) in [6.45, 7) is 6.63. The molecule has 2 nitrogen and oxygen atoms in total. The van der Waals surface area contributed by atoms with Gasteiger partial charge >= 0.3 is 0 Å². The van der Waals surface area contributed by atoms with E-state index in [1.807, 2.05) is 0 Å². The Morgan fingerprint density at radius 1 is 1.29 bits per heavy atom. The molecule has 0 aliphatic heterocycles. The van der Waals surface area contributed by atoms with E-state index in [-0.39, 0.29) is 17.2 Å². The van der Waals surface area contributed by atoms with Gasteiger partial charge in [0.05, 0.1) is 0 Å². The maximum atomic E-state index is 11.4. The van der Waals surface area contributed by atoms with Crippen molar-refractivity contribution >= 4 is 5.91 Å². The number of carbonyl (C=O) groups excluding carboxylic acids is 1. The van der Waals surface area contributed by atoms with Crippen LogP contribution in [-0.4, -0.2) is 5.91 Å². The molecule has 1 amide bonds. The molecule has 2 N–H and O–H groups in total. The molecule has 2 aliphatic rings. The van der Waals surface area contributed by atoms with Gasteiger partial charge in [0, 0.05) is 5.92 Å². The van der Waals surface area contributed by atoms with Crippen LogP contribution in [0.1, 0.15) is 27.2 Å². The molecule has 1 saturated carbocycles. The van der Waals surface area contributed by atoms with Gasteiger partial charge in [-0.3, -0.25) is 4.79 Å². The predicted octanol–water partition coefficient (Wildman–Crippen LogP) is 1.96. The van der Waals surface area contributed by atoms with E-state index in [4.69, 9.17) is 5.73 Å². The van der Waals surface area contributed by atoms with Crippen LogP contribution >= 0.6 is 0 Å². The van der Waals surface area contributed by atoms with Gasteiger partial charge in [-0.25, -0.2) is 0 Å². The van der Waals surface area contributed by atoms with Crippen molar-refractivity contribution < 1.29 is 4.79 Å². The maximum absolute atomic E-state index is 11.4. The Balaban J connectivity index is 2.31. The maximum Gasteiger partial charge on any atom is 0.221 e. The number of primary amides is 1.